The largest absolute Gasteiger partial charge is 0.339 e. The summed E-state index contributed by atoms with van der Waals surface area (Å²) in [4.78, 5) is 15.4. The predicted molar refractivity (Wildman–Crippen MR) is 117 cm³/mol. The zero-order valence-electron chi connectivity index (χ0n) is 16.9. The van der Waals surface area contributed by atoms with E-state index >= 15 is 0 Å². The van der Waals surface area contributed by atoms with E-state index in [2.05, 4.69) is 44.5 Å². The molecule has 1 aliphatic rings. The van der Waals surface area contributed by atoms with Gasteiger partial charge >= 0.3 is 0 Å². The fraction of sp³-hybridized carbons (Fsp3) is 0.273. The molecule has 0 unspecified atom stereocenters. The fourth-order valence-electron chi connectivity index (χ4n) is 3.44. The fourth-order valence-corrected chi connectivity index (χ4v) is 3.44. The van der Waals surface area contributed by atoms with Crippen LogP contribution in [0.2, 0.25) is 0 Å². The highest BCUT2D eigenvalue weighted by molar-refractivity contribution is 5.64. The number of nitrogens with zero attached hydrogens (tertiary/aromatic N) is 5. The Bertz CT molecular complexity index is 999. The maximum Gasteiger partial charge on any atom is 0.270 e. The average molecular weight is 404 g/mol. The molecule has 0 aliphatic carbocycles. The van der Waals surface area contributed by atoms with Gasteiger partial charge in [0.15, 0.2) is 5.82 Å². The number of hydrogen-bond donors (Lipinski definition) is 1. The molecule has 0 saturated carbocycles. The first kappa shape index (κ1) is 19.9. The molecule has 4 rings (SSSR count). The molecule has 1 aromatic heterocycles. The quantitative estimate of drug-likeness (QED) is 0.497. The van der Waals surface area contributed by atoms with Crippen LogP contribution in [0.1, 0.15) is 5.56 Å². The first-order valence-electron chi connectivity index (χ1n) is 9.92. The summed E-state index contributed by atoms with van der Waals surface area (Å²) < 4.78 is 0. The van der Waals surface area contributed by atoms with Gasteiger partial charge in [0.2, 0.25) is 0 Å². The van der Waals surface area contributed by atoms with Crippen molar-refractivity contribution < 1.29 is 4.92 Å². The Balaban J connectivity index is 1.37. The Morgan fingerprint density at radius 2 is 1.77 bits per heavy atom. The van der Waals surface area contributed by atoms with Crippen LogP contribution in [-0.2, 0) is 6.54 Å². The number of benzene rings is 2. The molecule has 8 nitrogen and oxygen atoms in total. The Morgan fingerprint density at radius 1 is 1.00 bits per heavy atom. The minimum atomic E-state index is -0.416. The monoisotopic (exact) mass is 404 g/mol. The van der Waals surface area contributed by atoms with Crippen LogP contribution in [0.15, 0.2) is 60.7 Å². The second kappa shape index (κ2) is 8.98. The van der Waals surface area contributed by atoms with E-state index in [4.69, 9.17) is 0 Å². The third-order valence-electron chi connectivity index (χ3n) is 5.25. The van der Waals surface area contributed by atoms with Crippen LogP contribution in [0.3, 0.4) is 0 Å². The van der Waals surface area contributed by atoms with Crippen LogP contribution >= 0.6 is 0 Å². The first-order valence-corrected chi connectivity index (χ1v) is 9.92. The SMILES string of the molecule is CN1CCN(Cc2ccc(Nc3ccc(-c4cccc([N+](=O)[O-])c4)nn3)cc2)CC1. The molecule has 1 aliphatic heterocycles. The highest BCUT2D eigenvalue weighted by Gasteiger charge is 2.13. The van der Waals surface area contributed by atoms with Crippen molar-refractivity contribution in [1.82, 2.24) is 20.0 Å². The lowest BCUT2D eigenvalue weighted by Crippen LogP contribution is -2.43. The van der Waals surface area contributed by atoms with Gasteiger partial charge in [0, 0.05) is 56.1 Å². The summed E-state index contributed by atoms with van der Waals surface area (Å²) >= 11 is 0. The minimum absolute atomic E-state index is 0.0353. The molecule has 8 heteroatoms. The van der Waals surface area contributed by atoms with Gasteiger partial charge in [0.05, 0.1) is 10.6 Å². The number of likely N-dealkylation sites (N-methyl/N-ethyl adjacent to an activating group) is 1. The molecule has 154 valence electrons. The van der Waals surface area contributed by atoms with Gasteiger partial charge in [-0.15, -0.1) is 10.2 Å². The van der Waals surface area contributed by atoms with Crippen molar-refractivity contribution >= 4 is 17.2 Å². The van der Waals surface area contributed by atoms with Gasteiger partial charge in [-0.2, -0.15) is 0 Å². The first-order chi connectivity index (χ1) is 14.6. The molecule has 3 aromatic rings. The van der Waals surface area contributed by atoms with Gasteiger partial charge in [-0.05, 0) is 36.9 Å². The number of nitro groups is 1. The summed E-state index contributed by atoms with van der Waals surface area (Å²) in [6.45, 7) is 5.40. The highest BCUT2D eigenvalue weighted by atomic mass is 16.6. The number of non-ortho nitro benzene ring substituents is 1. The minimum Gasteiger partial charge on any atom is -0.339 e. The number of piperazine rings is 1. The molecule has 1 N–H and O–H groups in total. The number of rotatable bonds is 6. The second-order valence-electron chi connectivity index (χ2n) is 7.51. The van der Waals surface area contributed by atoms with Crippen molar-refractivity contribution in [2.75, 3.05) is 38.5 Å². The third-order valence-corrected chi connectivity index (χ3v) is 5.25. The van der Waals surface area contributed by atoms with Crippen LogP contribution < -0.4 is 5.32 Å². The van der Waals surface area contributed by atoms with Gasteiger partial charge in [0.1, 0.15) is 0 Å². The molecular weight excluding hydrogens is 380 g/mol. The van der Waals surface area contributed by atoms with Crippen molar-refractivity contribution in [3.05, 3.63) is 76.3 Å². The van der Waals surface area contributed by atoms with Crippen molar-refractivity contribution in [3.63, 3.8) is 0 Å². The molecule has 0 bridgehead atoms. The molecule has 2 aromatic carbocycles. The van der Waals surface area contributed by atoms with Gasteiger partial charge in [0.25, 0.3) is 5.69 Å². The average Bonchev–Trinajstić information content (AvgIpc) is 2.77. The summed E-state index contributed by atoms with van der Waals surface area (Å²) in [7, 11) is 2.16. The molecule has 0 radical (unpaired) electrons. The topological polar surface area (TPSA) is 87.4 Å². The summed E-state index contributed by atoms with van der Waals surface area (Å²) in [5, 5.41) is 22.6. The van der Waals surface area contributed by atoms with E-state index < -0.39 is 4.92 Å². The van der Waals surface area contributed by atoms with Crippen molar-refractivity contribution in [2.45, 2.75) is 6.54 Å². The van der Waals surface area contributed by atoms with E-state index in [1.165, 1.54) is 17.7 Å². The maximum atomic E-state index is 10.9. The van der Waals surface area contributed by atoms with Crippen LogP contribution in [0.25, 0.3) is 11.3 Å². The van der Waals surface area contributed by atoms with Crippen molar-refractivity contribution in [2.24, 2.45) is 0 Å². The van der Waals surface area contributed by atoms with E-state index in [1.807, 2.05) is 18.2 Å². The number of aromatic nitrogens is 2. The molecule has 30 heavy (non-hydrogen) atoms. The molecule has 1 fully saturated rings. The Morgan fingerprint density at radius 3 is 2.43 bits per heavy atom. The van der Waals surface area contributed by atoms with Crippen molar-refractivity contribution in [1.29, 1.82) is 0 Å². The predicted octanol–water partition coefficient (Wildman–Crippen LogP) is 3.54. The van der Waals surface area contributed by atoms with Gasteiger partial charge in [-0.1, -0.05) is 24.3 Å². The Kier molecular flexibility index (Phi) is 5.97. The summed E-state index contributed by atoms with van der Waals surface area (Å²) in [5.41, 5.74) is 3.52. The maximum absolute atomic E-state index is 10.9. The molecule has 0 atom stereocenters. The van der Waals surface area contributed by atoms with E-state index in [0.29, 0.717) is 17.1 Å². The lowest BCUT2D eigenvalue weighted by molar-refractivity contribution is -0.384. The zero-order valence-corrected chi connectivity index (χ0v) is 16.9. The molecule has 0 spiro atoms. The lowest BCUT2D eigenvalue weighted by atomic mass is 10.1. The van der Waals surface area contributed by atoms with E-state index in [0.717, 1.165) is 38.4 Å². The smallest absolute Gasteiger partial charge is 0.270 e. The number of anilines is 2. The van der Waals surface area contributed by atoms with Crippen LogP contribution in [0, 0.1) is 10.1 Å². The highest BCUT2D eigenvalue weighted by Crippen LogP contribution is 2.23. The molecular formula is C22H24N6O2. The van der Waals surface area contributed by atoms with Crippen LogP contribution in [0.4, 0.5) is 17.2 Å². The second-order valence-corrected chi connectivity index (χ2v) is 7.51. The molecule has 0 amide bonds. The third kappa shape index (κ3) is 4.97. The number of nitro benzene ring substituents is 1. The summed E-state index contributed by atoms with van der Waals surface area (Å²) in [6.07, 6.45) is 0. The number of nitrogens with one attached hydrogen (secondary N) is 1. The normalized spacial score (nSPS) is 15.1. The molecule has 1 saturated heterocycles. The van der Waals surface area contributed by atoms with E-state index in [9.17, 15) is 10.1 Å². The summed E-state index contributed by atoms with van der Waals surface area (Å²) in [5.74, 6) is 0.621. The number of hydrogen-bond acceptors (Lipinski definition) is 7. The lowest BCUT2D eigenvalue weighted by Gasteiger charge is -2.32. The van der Waals surface area contributed by atoms with Gasteiger partial charge < -0.3 is 10.2 Å². The van der Waals surface area contributed by atoms with Crippen molar-refractivity contribution in [3.8, 4) is 11.3 Å². The van der Waals surface area contributed by atoms with Crippen LogP contribution in [-0.4, -0.2) is 58.1 Å². The molecule has 2 heterocycles. The van der Waals surface area contributed by atoms with Gasteiger partial charge in [-0.25, -0.2) is 0 Å². The van der Waals surface area contributed by atoms with Gasteiger partial charge in [-0.3, -0.25) is 15.0 Å². The Hall–Kier alpha value is -3.36. The van der Waals surface area contributed by atoms with E-state index in [-0.39, 0.29) is 5.69 Å². The van der Waals surface area contributed by atoms with E-state index in [1.54, 1.807) is 18.2 Å². The van der Waals surface area contributed by atoms with Crippen LogP contribution in [0.5, 0.6) is 0 Å². The summed E-state index contributed by atoms with van der Waals surface area (Å²) in [6, 6.07) is 18.3. The zero-order chi connectivity index (χ0) is 20.9. The standard InChI is InChI=1S/C22H24N6O2/c1-26-11-13-27(14-12-26)16-17-5-7-19(8-6-17)23-22-10-9-21(24-25-22)18-3-2-4-20(15-18)28(29)30/h2-10,15H,11-14,16H2,1H3,(H,23,25). The Labute approximate surface area is 175 Å².